The number of hydrogen-bond acceptors (Lipinski definition) is 7. The summed E-state index contributed by atoms with van der Waals surface area (Å²) in [4.78, 5) is 42.2. The molecule has 206 valence electrons. The van der Waals surface area contributed by atoms with Crippen molar-refractivity contribution in [3.8, 4) is 0 Å². The number of aromatic nitrogens is 1. The fourth-order valence-corrected chi connectivity index (χ4v) is 5.29. The van der Waals surface area contributed by atoms with E-state index in [9.17, 15) is 19.5 Å². The summed E-state index contributed by atoms with van der Waals surface area (Å²) in [5.41, 5.74) is 5.34. The number of aryl methyl sites for hydroxylation is 1. The Morgan fingerprint density at radius 3 is 2.58 bits per heavy atom. The number of rotatable bonds is 9. The third-order valence-corrected chi connectivity index (χ3v) is 7.53. The molecular weight excluding hydrogens is 532 g/mol. The SMILES string of the molecule is CC(=O)N1CC(C(=O)O)C(c2ccc(NCC(=O)Cc3ccc4nc(Nc5c(C)cccc5Cl)oc4c3)cc2)C1. The molecule has 1 aliphatic heterocycles. The lowest BCUT2D eigenvalue weighted by molar-refractivity contribution is -0.141. The average molecular weight is 561 g/mol. The average Bonchev–Trinajstić information content (AvgIpc) is 3.55. The van der Waals surface area contributed by atoms with Crippen LogP contribution in [0.25, 0.3) is 11.1 Å². The van der Waals surface area contributed by atoms with Gasteiger partial charge in [0.05, 0.1) is 23.2 Å². The van der Waals surface area contributed by atoms with E-state index < -0.39 is 11.9 Å². The number of oxazole rings is 1. The van der Waals surface area contributed by atoms with Crippen molar-refractivity contribution < 1.29 is 23.9 Å². The third kappa shape index (κ3) is 5.94. The molecule has 3 N–H and O–H groups in total. The molecule has 1 saturated heterocycles. The fourth-order valence-electron chi connectivity index (χ4n) is 5.02. The molecule has 1 amide bonds. The van der Waals surface area contributed by atoms with Gasteiger partial charge in [0.1, 0.15) is 5.52 Å². The van der Waals surface area contributed by atoms with Gasteiger partial charge in [-0.3, -0.25) is 14.4 Å². The minimum Gasteiger partial charge on any atom is -0.481 e. The molecule has 4 aromatic rings. The van der Waals surface area contributed by atoms with Gasteiger partial charge < -0.3 is 25.1 Å². The van der Waals surface area contributed by atoms with Gasteiger partial charge in [0, 0.05) is 38.0 Å². The van der Waals surface area contributed by atoms with Crippen LogP contribution in [0, 0.1) is 12.8 Å². The summed E-state index contributed by atoms with van der Waals surface area (Å²) in [6.07, 6.45) is 0.220. The topological polar surface area (TPSA) is 125 Å². The maximum absolute atomic E-state index is 12.7. The number of ketones is 1. The number of halogens is 1. The van der Waals surface area contributed by atoms with Crippen LogP contribution in [0.2, 0.25) is 5.02 Å². The summed E-state index contributed by atoms with van der Waals surface area (Å²) in [5, 5.41) is 16.4. The van der Waals surface area contributed by atoms with Crippen molar-refractivity contribution in [3.63, 3.8) is 0 Å². The third-order valence-electron chi connectivity index (χ3n) is 7.22. The van der Waals surface area contributed by atoms with Crippen LogP contribution in [0.4, 0.5) is 17.4 Å². The van der Waals surface area contributed by atoms with E-state index in [0.717, 1.165) is 28.1 Å². The van der Waals surface area contributed by atoms with Gasteiger partial charge in [-0.2, -0.15) is 4.98 Å². The number of carbonyl (C=O) groups excluding carboxylic acids is 2. The van der Waals surface area contributed by atoms with Crippen LogP contribution in [0.15, 0.2) is 65.1 Å². The van der Waals surface area contributed by atoms with Gasteiger partial charge in [-0.05, 0) is 53.9 Å². The van der Waals surface area contributed by atoms with Gasteiger partial charge >= 0.3 is 5.97 Å². The highest BCUT2D eigenvalue weighted by Crippen LogP contribution is 2.34. The Labute approximate surface area is 236 Å². The Kier molecular flexibility index (Phi) is 7.75. The molecule has 1 fully saturated rings. The highest BCUT2D eigenvalue weighted by Gasteiger charge is 2.39. The molecule has 10 heteroatoms. The largest absolute Gasteiger partial charge is 0.481 e. The lowest BCUT2D eigenvalue weighted by Crippen LogP contribution is -2.27. The van der Waals surface area contributed by atoms with Crippen molar-refractivity contribution >= 4 is 57.7 Å². The molecule has 9 nitrogen and oxygen atoms in total. The van der Waals surface area contributed by atoms with Crippen LogP contribution in [0.5, 0.6) is 0 Å². The van der Waals surface area contributed by atoms with E-state index in [1.165, 1.54) is 6.92 Å². The summed E-state index contributed by atoms with van der Waals surface area (Å²) in [6.45, 7) is 4.11. The van der Waals surface area contributed by atoms with Gasteiger partial charge in [-0.25, -0.2) is 0 Å². The number of nitrogens with one attached hydrogen (secondary N) is 2. The van der Waals surface area contributed by atoms with Gasteiger partial charge in [0.2, 0.25) is 5.91 Å². The number of carbonyl (C=O) groups is 3. The number of Topliss-reactive ketones (excluding diaryl/α,β-unsaturated/α-hetero) is 1. The quantitative estimate of drug-likeness (QED) is 0.248. The highest BCUT2D eigenvalue weighted by atomic mass is 35.5. The molecule has 0 aliphatic carbocycles. The molecule has 0 bridgehead atoms. The number of hydrogen-bond donors (Lipinski definition) is 3. The number of para-hydroxylation sites is 1. The molecule has 0 saturated carbocycles. The number of aliphatic carboxylic acids is 1. The van der Waals surface area contributed by atoms with E-state index >= 15 is 0 Å². The van der Waals surface area contributed by atoms with E-state index in [0.29, 0.717) is 28.7 Å². The first-order chi connectivity index (χ1) is 19.2. The minimum atomic E-state index is -0.909. The maximum Gasteiger partial charge on any atom is 0.308 e. The molecule has 2 heterocycles. The molecule has 40 heavy (non-hydrogen) atoms. The summed E-state index contributed by atoms with van der Waals surface area (Å²) in [6, 6.07) is 18.8. The van der Waals surface area contributed by atoms with Crippen LogP contribution >= 0.6 is 11.6 Å². The molecule has 3 aromatic carbocycles. The van der Waals surface area contributed by atoms with Crippen LogP contribution in [-0.2, 0) is 20.8 Å². The number of nitrogens with zero attached hydrogens (tertiary/aromatic N) is 2. The first-order valence-corrected chi connectivity index (χ1v) is 13.3. The van der Waals surface area contributed by atoms with E-state index in [4.69, 9.17) is 16.0 Å². The monoisotopic (exact) mass is 560 g/mol. The zero-order chi connectivity index (χ0) is 28.4. The number of likely N-dealkylation sites (tertiary alicyclic amines) is 1. The summed E-state index contributed by atoms with van der Waals surface area (Å²) in [7, 11) is 0. The number of benzene rings is 3. The zero-order valence-corrected chi connectivity index (χ0v) is 22.9. The molecule has 0 spiro atoms. The number of carboxylic acids is 1. The van der Waals surface area contributed by atoms with E-state index in [2.05, 4.69) is 15.6 Å². The minimum absolute atomic E-state index is 0.00758. The Balaban J connectivity index is 1.18. The molecule has 2 atom stereocenters. The summed E-state index contributed by atoms with van der Waals surface area (Å²) < 4.78 is 5.86. The van der Waals surface area contributed by atoms with Crippen LogP contribution < -0.4 is 10.6 Å². The van der Waals surface area contributed by atoms with Crippen molar-refractivity contribution in [1.82, 2.24) is 9.88 Å². The molecular formula is C30H29ClN4O5. The van der Waals surface area contributed by atoms with Gasteiger partial charge in [0.15, 0.2) is 11.4 Å². The molecule has 5 rings (SSSR count). The zero-order valence-electron chi connectivity index (χ0n) is 22.1. The highest BCUT2D eigenvalue weighted by molar-refractivity contribution is 6.33. The maximum atomic E-state index is 12.7. The second kappa shape index (κ2) is 11.4. The van der Waals surface area contributed by atoms with Crippen molar-refractivity contribution in [1.29, 1.82) is 0 Å². The fraction of sp³-hybridized carbons (Fsp3) is 0.267. The predicted octanol–water partition coefficient (Wildman–Crippen LogP) is 5.40. The number of anilines is 3. The van der Waals surface area contributed by atoms with Crippen LogP contribution in [0.3, 0.4) is 0 Å². The van der Waals surface area contributed by atoms with Crippen molar-refractivity contribution in [2.24, 2.45) is 5.92 Å². The molecule has 1 aliphatic rings. The van der Waals surface area contributed by atoms with E-state index in [1.54, 1.807) is 11.0 Å². The smallest absolute Gasteiger partial charge is 0.308 e. The standard InChI is InChI=1S/C30H29ClN4O5/c1-17-4-3-5-25(31)28(17)34-30-33-26-11-6-19(13-27(26)40-30)12-22(37)14-32-21-9-7-20(8-10-21)23-15-35(18(2)36)16-24(23)29(38)39/h3-11,13,23-24,32H,12,14-16H2,1-2H3,(H,33,34)(H,38,39). The first-order valence-electron chi connectivity index (χ1n) is 12.9. The second-order valence-corrected chi connectivity index (χ2v) is 10.5. The lowest BCUT2D eigenvalue weighted by Gasteiger charge is -2.16. The lowest BCUT2D eigenvalue weighted by atomic mass is 9.89. The number of amides is 1. The summed E-state index contributed by atoms with van der Waals surface area (Å²) >= 11 is 6.29. The second-order valence-electron chi connectivity index (χ2n) is 10.0. The number of carboxylic acid groups (broad SMARTS) is 1. The van der Waals surface area contributed by atoms with Crippen LogP contribution in [0.1, 0.15) is 29.5 Å². The van der Waals surface area contributed by atoms with E-state index in [-0.39, 0.29) is 37.1 Å². The Morgan fingerprint density at radius 1 is 1.10 bits per heavy atom. The van der Waals surface area contributed by atoms with Crippen molar-refractivity contribution in [2.75, 3.05) is 30.3 Å². The van der Waals surface area contributed by atoms with E-state index in [1.807, 2.05) is 61.5 Å². The van der Waals surface area contributed by atoms with Gasteiger partial charge in [-0.15, -0.1) is 0 Å². The first kappa shape index (κ1) is 27.2. The van der Waals surface area contributed by atoms with Crippen LogP contribution in [-0.4, -0.2) is 52.3 Å². The summed E-state index contributed by atoms with van der Waals surface area (Å²) in [5.74, 6) is -1.96. The van der Waals surface area contributed by atoms with Crippen molar-refractivity contribution in [3.05, 3.63) is 82.4 Å². The Morgan fingerprint density at radius 2 is 1.88 bits per heavy atom. The van der Waals surface area contributed by atoms with Gasteiger partial charge in [-0.1, -0.05) is 41.9 Å². The van der Waals surface area contributed by atoms with Gasteiger partial charge in [0.25, 0.3) is 6.01 Å². The predicted molar refractivity (Wildman–Crippen MR) is 153 cm³/mol. The number of fused-ring (bicyclic) bond motifs is 1. The molecule has 1 aromatic heterocycles. The Bertz CT molecular complexity index is 1560. The Hall–Kier alpha value is -4.37. The molecule has 0 radical (unpaired) electrons. The normalized spacial score (nSPS) is 16.7. The van der Waals surface area contributed by atoms with Crippen molar-refractivity contribution in [2.45, 2.75) is 26.2 Å². The molecule has 2 unspecified atom stereocenters.